The summed E-state index contributed by atoms with van der Waals surface area (Å²) in [6, 6.07) is 86.9. The smallest absolute Gasteiger partial charge is 0.0788 e. The highest BCUT2D eigenvalue weighted by atomic mass is 15.6. The maximum atomic E-state index is 4.60. The van der Waals surface area contributed by atoms with E-state index in [4.69, 9.17) is 0 Å². The standard InChI is InChI=1S/C76H59N5.C2H6/c1-2-51(44-55-30-12-13-31-62(55)63-32-14-19-37-70(63)77-78-81-73-40-22-17-33-64(73)65-34-18-23-41-74(65)81)56-45-57(52-24-6-3-7-25-52)48-60(47-56)79-71-38-20-15-35-66(71)68-42-43-69-67-36-16-21-39-72(67)80(76(69)75(68)79)61-49-58(53-26-8-4-9-27-53)46-59(50-61)54-28-10-5-11-29-54;1-2/h2-17,19-21,23-33,35-39,41-43,45-51,77-78H,1,18,22,34,40,44H2;1-2H3. The molecule has 2 N–H and O–H groups in total. The molecule has 0 saturated carbocycles. The van der Waals surface area contributed by atoms with Gasteiger partial charge in [0.05, 0.1) is 33.4 Å². The Kier molecular flexibility index (Phi) is 13.6. The SMILES string of the molecule is C=CC(Cc1ccccc1-c1ccccc1NNn1c2c(c3c1CCC=C3)CCC=C2)c1cc(-c2ccccc2)cc(-n2c3ccccc3c3ccc4c5ccccc5n(-c5cc(-c6ccccc6)cc(-c6ccccc6)c5)c4c32)c1.CC. The Morgan fingerprint density at radius 3 is 1.59 bits per heavy atom. The van der Waals surface area contributed by atoms with Gasteiger partial charge in [0, 0.05) is 55.7 Å². The molecule has 2 aliphatic rings. The van der Waals surface area contributed by atoms with Crippen molar-refractivity contribution in [1.29, 1.82) is 0 Å². The molecule has 1 unspecified atom stereocenters. The predicted octanol–water partition coefficient (Wildman–Crippen LogP) is 20.4. The fourth-order valence-corrected chi connectivity index (χ4v) is 13.2. The first kappa shape index (κ1) is 51.1. The van der Waals surface area contributed by atoms with Crippen molar-refractivity contribution in [2.45, 2.75) is 51.9 Å². The monoisotopic (exact) mass is 1070 g/mol. The van der Waals surface area contributed by atoms with E-state index in [1.165, 1.54) is 99.6 Å². The van der Waals surface area contributed by atoms with Crippen molar-refractivity contribution in [2.75, 3.05) is 11.0 Å². The van der Waals surface area contributed by atoms with Gasteiger partial charge in [-0.15, -0.1) is 6.58 Å². The van der Waals surface area contributed by atoms with Gasteiger partial charge in [-0.05, 0) is 142 Å². The summed E-state index contributed by atoms with van der Waals surface area (Å²) in [4.78, 5) is 0. The molecule has 3 aromatic heterocycles. The number of rotatable bonds is 13. The molecular weight excluding hydrogens is 1010 g/mol. The Hall–Kier alpha value is -10.1. The molecule has 5 nitrogen and oxygen atoms in total. The van der Waals surface area contributed by atoms with E-state index >= 15 is 0 Å². The minimum atomic E-state index is -0.0266. The molecule has 2 aliphatic carbocycles. The van der Waals surface area contributed by atoms with E-state index in [1.807, 2.05) is 13.8 Å². The van der Waals surface area contributed by atoms with Crippen molar-refractivity contribution >= 4 is 61.5 Å². The minimum absolute atomic E-state index is 0.0266. The minimum Gasteiger partial charge on any atom is -0.307 e. The molecule has 0 bridgehead atoms. The first-order valence-electron chi connectivity index (χ1n) is 29.5. The number of nitrogens with zero attached hydrogens (tertiary/aromatic N) is 3. The molecule has 3 heterocycles. The van der Waals surface area contributed by atoms with E-state index in [9.17, 15) is 0 Å². The summed E-state index contributed by atoms with van der Waals surface area (Å²) in [6.07, 6.45) is 16.3. The van der Waals surface area contributed by atoms with Crippen molar-refractivity contribution in [3.05, 3.63) is 295 Å². The number of para-hydroxylation sites is 3. The van der Waals surface area contributed by atoms with Crippen molar-refractivity contribution in [3.63, 3.8) is 0 Å². The van der Waals surface area contributed by atoms with Crippen LogP contribution in [-0.4, -0.2) is 13.8 Å². The number of nitrogens with one attached hydrogen (secondary N) is 2. The van der Waals surface area contributed by atoms with Gasteiger partial charge in [-0.25, -0.2) is 10.2 Å². The number of aromatic nitrogens is 3. The average molecular weight is 1070 g/mol. The Balaban J connectivity index is 0.00000304. The highest BCUT2D eigenvalue weighted by Crippen LogP contribution is 2.45. The van der Waals surface area contributed by atoms with E-state index < -0.39 is 0 Å². The molecule has 0 fully saturated rings. The van der Waals surface area contributed by atoms with Gasteiger partial charge < -0.3 is 9.13 Å². The summed E-state index contributed by atoms with van der Waals surface area (Å²) in [5.41, 5.74) is 32.5. The third-order valence-corrected chi connectivity index (χ3v) is 17.0. The second-order valence-electron chi connectivity index (χ2n) is 21.7. The van der Waals surface area contributed by atoms with Crippen LogP contribution in [0.25, 0.3) is 112 Å². The lowest BCUT2D eigenvalue weighted by molar-refractivity contribution is 0.800. The lowest BCUT2D eigenvalue weighted by atomic mass is 9.86. The Morgan fingerprint density at radius 1 is 0.470 bits per heavy atom. The maximum Gasteiger partial charge on any atom is 0.0788 e. The third kappa shape index (κ3) is 9.15. The Labute approximate surface area is 486 Å². The van der Waals surface area contributed by atoms with Crippen LogP contribution < -0.4 is 11.0 Å². The van der Waals surface area contributed by atoms with Gasteiger partial charge in [0.25, 0.3) is 0 Å². The van der Waals surface area contributed by atoms with E-state index in [2.05, 4.69) is 298 Å². The maximum absolute atomic E-state index is 4.60. The van der Waals surface area contributed by atoms with Crippen LogP contribution in [0.15, 0.2) is 261 Å². The molecule has 13 aromatic rings. The number of hydrazine groups is 1. The lowest BCUT2D eigenvalue weighted by Gasteiger charge is -2.22. The number of fused-ring (bicyclic) bond motifs is 10. The third-order valence-electron chi connectivity index (χ3n) is 17.0. The normalized spacial score (nSPS) is 12.9. The second-order valence-corrected chi connectivity index (χ2v) is 21.7. The molecule has 0 spiro atoms. The molecule has 15 rings (SSSR count). The van der Waals surface area contributed by atoms with Gasteiger partial charge in [-0.2, -0.15) is 0 Å². The van der Waals surface area contributed by atoms with Gasteiger partial charge in [-0.3, -0.25) is 5.43 Å². The number of allylic oxidation sites excluding steroid dienone is 3. The lowest BCUT2D eigenvalue weighted by Crippen LogP contribution is -2.25. The molecular formula is C78H65N5. The second kappa shape index (κ2) is 22.1. The highest BCUT2D eigenvalue weighted by molar-refractivity contribution is 6.24. The van der Waals surface area contributed by atoms with E-state index in [0.29, 0.717) is 0 Å². The van der Waals surface area contributed by atoms with Gasteiger partial charge in [-0.1, -0.05) is 226 Å². The van der Waals surface area contributed by atoms with Gasteiger partial charge in [0.2, 0.25) is 0 Å². The Morgan fingerprint density at radius 2 is 0.976 bits per heavy atom. The molecule has 83 heavy (non-hydrogen) atoms. The summed E-state index contributed by atoms with van der Waals surface area (Å²) in [5.74, 6) is -0.0266. The zero-order valence-electron chi connectivity index (χ0n) is 47.1. The number of anilines is 1. The first-order valence-corrected chi connectivity index (χ1v) is 29.5. The summed E-state index contributed by atoms with van der Waals surface area (Å²) in [7, 11) is 0. The van der Waals surface area contributed by atoms with Crippen LogP contribution in [0.2, 0.25) is 0 Å². The molecule has 0 radical (unpaired) electrons. The molecule has 0 amide bonds. The van der Waals surface area contributed by atoms with Crippen molar-refractivity contribution in [3.8, 4) is 55.9 Å². The summed E-state index contributed by atoms with van der Waals surface area (Å²) in [6.45, 7) is 8.60. The average Bonchev–Trinajstić information content (AvgIpc) is 2.34. The topological polar surface area (TPSA) is 38.9 Å². The van der Waals surface area contributed by atoms with E-state index in [0.717, 1.165) is 71.3 Å². The highest BCUT2D eigenvalue weighted by Gasteiger charge is 2.26. The van der Waals surface area contributed by atoms with Crippen molar-refractivity contribution in [2.24, 2.45) is 0 Å². The number of benzene rings is 10. The predicted molar refractivity (Wildman–Crippen MR) is 353 cm³/mol. The van der Waals surface area contributed by atoms with Crippen LogP contribution in [0, 0.1) is 0 Å². The summed E-state index contributed by atoms with van der Waals surface area (Å²) in [5, 5.41) is 4.84. The van der Waals surface area contributed by atoms with Crippen LogP contribution >= 0.6 is 0 Å². The van der Waals surface area contributed by atoms with Crippen LogP contribution in [-0.2, 0) is 19.3 Å². The quantitative estimate of drug-likeness (QED) is 0.0892. The Bertz CT molecular complexity index is 4570. The van der Waals surface area contributed by atoms with Crippen LogP contribution in [0.4, 0.5) is 5.69 Å². The summed E-state index contributed by atoms with van der Waals surface area (Å²) >= 11 is 0. The largest absolute Gasteiger partial charge is 0.307 e. The molecule has 0 saturated heterocycles. The van der Waals surface area contributed by atoms with E-state index in [1.54, 1.807) is 0 Å². The van der Waals surface area contributed by atoms with E-state index in [-0.39, 0.29) is 5.92 Å². The number of hydrogen-bond donors (Lipinski definition) is 2. The van der Waals surface area contributed by atoms with Gasteiger partial charge >= 0.3 is 0 Å². The van der Waals surface area contributed by atoms with Gasteiger partial charge in [0.1, 0.15) is 0 Å². The zero-order valence-corrected chi connectivity index (χ0v) is 47.1. The number of hydrogen-bond acceptors (Lipinski definition) is 2. The van der Waals surface area contributed by atoms with Crippen LogP contribution in [0.1, 0.15) is 66.2 Å². The fraction of sp³-hybridized carbons (Fsp3) is 0.103. The van der Waals surface area contributed by atoms with Crippen molar-refractivity contribution < 1.29 is 0 Å². The molecule has 10 aromatic carbocycles. The van der Waals surface area contributed by atoms with Crippen LogP contribution in [0.3, 0.4) is 0 Å². The van der Waals surface area contributed by atoms with Crippen LogP contribution in [0.5, 0.6) is 0 Å². The molecule has 5 heteroatoms. The van der Waals surface area contributed by atoms with Crippen molar-refractivity contribution in [1.82, 2.24) is 13.8 Å². The zero-order chi connectivity index (χ0) is 55.8. The van der Waals surface area contributed by atoms with Gasteiger partial charge in [0.15, 0.2) is 0 Å². The molecule has 1 atom stereocenters. The molecule has 402 valence electrons. The summed E-state index contributed by atoms with van der Waals surface area (Å²) < 4.78 is 7.36. The first-order chi connectivity index (χ1) is 41.1. The fourth-order valence-electron chi connectivity index (χ4n) is 13.2. The molecule has 0 aliphatic heterocycles.